The number of rotatable bonds is 4. The number of carbonyl (C=O) groups excluding carboxylic acids is 2. The minimum absolute atomic E-state index is 0.196. The van der Waals surface area contributed by atoms with E-state index in [2.05, 4.69) is 6.58 Å². The van der Waals surface area contributed by atoms with Crippen molar-refractivity contribution in [1.82, 2.24) is 0 Å². The number of benzene rings is 1. The van der Waals surface area contributed by atoms with Crippen molar-refractivity contribution in [3.8, 4) is 0 Å². The summed E-state index contributed by atoms with van der Waals surface area (Å²) < 4.78 is 14.6. The highest BCUT2D eigenvalue weighted by molar-refractivity contribution is 6.03. The molecule has 0 saturated carbocycles. The molecule has 1 aromatic rings. The third-order valence-electron chi connectivity index (χ3n) is 2.18. The molecule has 1 fully saturated rings. The Morgan fingerprint density at radius 1 is 1.35 bits per heavy atom. The molecule has 0 N–H and O–H groups in total. The summed E-state index contributed by atoms with van der Waals surface area (Å²) >= 11 is 0. The van der Waals surface area contributed by atoms with E-state index in [0.29, 0.717) is 6.61 Å². The number of epoxide rings is 1. The molecule has 5 heteroatoms. The Labute approximate surface area is 118 Å². The van der Waals surface area contributed by atoms with Gasteiger partial charge in [-0.15, -0.1) is 6.58 Å². The number of ether oxygens (including phenoxy) is 3. The molecule has 1 heterocycles. The Morgan fingerprint density at radius 2 is 1.85 bits per heavy atom. The van der Waals surface area contributed by atoms with Crippen LogP contribution in [0.3, 0.4) is 0 Å². The molecule has 1 saturated heterocycles. The molecule has 1 aliphatic heterocycles. The highest BCUT2D eigenvalue weighted by atomic mass is 16.8. The van der Waals surface area contributed by atoms with Crippen LogP contribution < -0.4 is 0 Å². The summed E-state index contributed by atoms with van der Waals surface area (Å²) in [5, 5.41) is 0. The first-order valence-electron chi connectivity index (χ1n) is 6.29. The number of hydrogen-bond acceptors (Lipinski definition) is 5. The Bertz CT molecular complexity index is 477. The molecule has 1 aromatic carbocycles. The normalized spacial score (nSPS) is 15.4. The molecule has 1 unspecified atom stereocenters. The molecular formula is C15H18O5. The standard InChI is InChI=1S/C12H12O5.C3H6/c1-2-15-11(13)8-5-3-4-6-9(8)12(14)17-10-7-16-10;1-3-2/h3-6,10H,2,7H2,1H3;3H,1H2,2H3. The van der Waals surface area contributed by atoms with Crippen molar-refractivity contribution in [2.75, 3.05) is 13.2 Å². The molecule has 1 atom stereocenters. The Kier molecular flexibility index (Phi) is 6.46. The number of hydrogen-bond donors (Lipinski definition) is 0. The van der Waals surface area contributed by atoms with Crippen molar-refractivity contribution in [2.24, 2.45) is 0 Å². The molecule has 0 spiro atoms. The van der Waals surface area contributed by atoms with Gasteiger partial charge < -0.3 is 14.2 Å². The molecule has 0 radical (unpaired) electrons. The zero-order chi connectivity index (χ0) is 15.0. The summed E-state index contributed by atoms with van der Waals surface area (Å²) in [6.07, 6.45) is 1.28. The molecule has 0 amide bonds. The van der Waals surface area contributed by atoms with E-state index in [-0.39, 0.29) is 17.7 Å². The lowest BCUT2D eigenvalue weighted by Gasteiger charge is -2.07. The van der Waals surface area contributed by atoms with Crippen LogP contribution in [-0.4, -0.2) is 31.4 Å². The lowest BCUT2D eigenvalue weighted by molar-refractivity contribution is 0.0287. The average Bonchev–Trinajstić information content (AvgIpc) is 3.24. The molecule has 2 rings (SSSR count). The molecule has 1 aliphatic rings. The monoisotopic (exact) mass is 278 g/mol. The second-order valence-corrected chi connectivity index (χ2v) is 3.84. The fourth-order valence-corrected chi connectivity index (χ4v) is 1.34. The summed E-state index contributed by atoms with van der Waals surface area (Å²) in [6.45, 7) is 7.62. The Morgan fingerprint density at radius 3 is 2.30 bits per heavy atom. The quantitative estimate of drug-likeness (QED) is 0.481. The van der Waals surface area contributed by atoms with Crippen LogP contribution in [-0.2, 0) is 14.2 Å². The minimum Gasteiger partial charge on any atom is -0.462 e. The topological polar surface area (TPSA) is 65.1 Å². The van der Waals surface area contributed by atoms with Gasteiger partial charge in [0.05, 0.1) is 17.7 Å². The second-order valence-electron chi connectivity index (χ2n) is 3.84. The van der Waals surface area contributed by atoms with E-state index in [1.54, 1.807) is 25.1 Å². The number of carbonyl (C=O) groups is 2. The van der Waals surface area contributed by atoms with Gasteiger partial charge in [-0.3, -0.25) is 0 Å². The largest absolute Gasteiger partial charge is 0.462 e. The molecule has 0 bridgehead atoms. The van der Waals surface area contributed by atoms with Gasteiger partial charge in [-0.25, -0.2) is 9.59 Å². The molecule has 0 aromatic heterocycles. The van der Waals surface area contributed by atoms with Crippen LogP contribution >= 0.6 is 0 Å². The lowest BCUT2D eigenvalue weighted by Crippen LogP contribution is -2.14. The van der Waals surface area contributed by atoms with Gasteiger partial charge >= 0.3 is 11.9 Å². The smallest absolute Gasteiger partial charge is 0.341 e. The SMILES string of the molecule is C=CC.CCOC(=O)c1ccccc1C(=O)OC1CO1. The van der Waals surface area contributed by atoms with E-state index in [1.807, 2.05) is 6.92 Å². The number of allylic oxidation sites excluding steroid dienone is 1. The molecule has 108 valence electrons. The first-order chi connectivity index (χ1) is 9.63. The molecular weight excluding hydrogens is 260 g/mol. The van der Waals surface area contributed by atoms with Gasteiger partial charge in [0, 0.05) is 0 Å². The van der Waals surface area contributed by atoms with E-state index >= 15 is 0 Å². The van der Waals surface area contributed by atoms with Crippen LogP contribution in [0.4, 0.5) is 0 Å². The van der Waals surface area contributed by atoms with Crippen LogP contribution in [0.25, 0.3) is 0 Å². The average molecular weight is 278 g/mol. The summed E-state index contributed by atoms with van der Waals surface area (Å²) in [6, 6.07) is 6.38. The van der Waals surface area contributed by atoms with Gasteiger partial charge in [0.2, 0.25) is 6.29 Å². The summed E-state index contributed by atoms with van der Waals surface area (Å²) in [5.41, 5.74) is 0.404. The zero-order valence-corrected chi connectivity index (χ0v) is 11.6. The highest BCUT2D eigenvalue weighted by Gasteiger charge is 2.29. The van der Waals surface area contributed by atoms with Crippen LogP contribution in [0, 0.1) is 0 Å². The minimum atomic E-state index is -0.573. The fourth-order valence-electron chi connectivity index (χ4n) is 1.34. The maximum absolute atomic E-state index is 11.7. The second kappa shape index (κ2) is 8.12. The van der Waals surface area contributed by atoms with Crippen molar-refractivity contribution in [3.63, 3.8) is 0 Å². The third-order valence-corrected chi connectivity index (χ3v) is 2.18. The molecule has 0 aliphatic carbocycles. The van der Waals surface area contributed by atoms with E-state index in [1.165, 1.54) is 12.1 Å². The van der Waals surface area contributed by atoms with Crippen molar-refractivity contribution in [2.45, 2.75) is 20.1 Å². The van der Waals surface area contributed by atoms with Gasteiger partial charge in [0.25, 0.3) is 0 Å². The van der Waals surface area contributed by atoms with Crippen LogP contribution in [0.15, 0.2) is 36.9 Å². The van der Waals surface area contributed by atoms with E-state index < -0.39 is 18.2 Å². The Balaban J connectivity index is 0.000000612. The van der Waals surface area contributed by atoms with E-state index in [9.17, 15) is 9.59 Å². The van der Waals surface area contributed by atoms with E-state index in [4.69, 9.17) is 14.2 Å². The van der Waals surface area contributed by atoms with Crippen LogP contribution in [0.5, 0.6) is 0 Å². The highest BCUT2D eigenvalue weighted by Crippen LogP contribution is 2.17. The van der Waals surface area contributed by atoms with Crippen LogP contribution in [0.2, 0.25) is 0 Å². The summed E-state index contributed by atoms with van der Waals surface area (Å²) in [5.74, 6) is -1.10. The maximum atomic E-state index is 11.7. The van der Waals surface area contributed by atoms with Gasteiger partial charge in [-0.05, 0) is 26.0 Å². The predicted molar refractivity (Wildman–Crippen MR) is 73.4 cm³/mol. The van der Waals surface area contributed by atoms with Crippen LogP contribution in [0.1, 0.15) is 34.6 Å². The summed E-state index contributed by atoms with van der Waals surface area (Å²) in [7, 11) is 0. The third kappa shape index (κ3) is 4.85. The van der Waals surface area contributed by atoms with Crippen molar-refractivity contribution in [1.29, 1.82) is 0 Å². The van der Waals surface area contributed by atoms with E-state index in [0.717, 1.165) is 0 Å². The fraction of sp³-hybridized carbons (Fsp3) is 0.333. The predicted octanol–water partition coefficient (Wildman–Crippen LogP) is 2.57. The first-order valence-corrected chi connectivity index (χ1v) is 6.29. The van der Waals surface area contributed by atoms with Crippen molar-refractivity contribution >= 4 is 11.9 Å². The molecule has 5 nitrogen and oxygen atoms in total. The van der Waals surface area contributed by atoms with Gasteiger partial charge in [-0.2, -0.15) is 0 Å². The van der Waals surface area contributed by atoms with Crippen molar-refractivity contribution < 1.29 is 23.8 Å². The Hall–Kier alpha value is -2.14. The summed E-state index contributed by atoms with van der Waals surface area (Å²) in [4.78, 5) is 23.3. The molecule has 20 heavy (non-hydrogen) atoms. The van der Waals surface area contributed by atoms with Gasteiger partial charge in [-0.1, -0.05) is 18.2 Å². The first kappa shape index (κ1) is 15.9. The maximum Gasteiger partial charge on any atom is 0.341 e. The van der Waals surface area contributed by atoms with Gasteiger partial charge in [0.15, 0.2) is 0 Å². The lowest BCUT2D eigenvalue weighted by atomic mass is 10.1. The zero-order valence-electron chi connectivity index (χ0n) is 11.6. The van der Waals surface area contributed by atoms with Gasteiger partial charge in [0.1, 0.15) is 6.61 Å². The number of esters is 2. The van der Waals surface area contributed by atoms with Crippen molar-refractivity contribution in [3.05, 3.63) is 48.0 Å².